The molecule has 0 unspecified atom stereocenters. The van der Waals surface area contributed by atoms with Crippen LogP contribution < -0.4 is 10.6 Å². The number of nitrogens with zero attached hydrogens (tertiary/aromatic N) is 2. The summed E-state index contributed by atoms with van der Waals surface area (Å²) >= 11 is 1.20. The zero-order valence-electron chi connectivity index (χ0n) is 10.9. The van der Waals surface area contributed by atoms with Gasteiger partial charge in [0.15, 0.2) is 5.78 Å². The van der Waals surface area contributed by atoms with Crippen LogP contribution in [0.5, 0.6) is 0 Å². The Bertz CT molecular complexity index is 597. The molecular weight excluding hydrogens is 276 g/mol. The number of hydrogen-bond donors (Lipinski definition) is 2. The van der Waals surface area contributed by atoms with E-state index < -0.39 is 0 Å². The van der Waals surface area contributed by atoms with Crippen molar-refractivity contribution in [1.82, 2.24) is 15.3 Å². The Kier molecular flexibility index (Phi) is 4.78. The predicted molar refractivity (Wildman–Crippen MR) is 77.2 cm³/mol. The Morgan fingerprint density at radius 2 is 2.00 bits per heavy atom. The lowest BCUT2D eigenvalue weighted by molar-refractivity contribution is 0.0958. The number of thiophene rings is 1. The molecule has 20 heavy (non-hydrogen) atoms. The highest BCUT2D eigenvalue weighted by Gasteiger charge is 2.10. The molecule has 2 aromatic rings. The maximum Gasteiger partial charge on any atom is 0.261 e. The molecule has 2 rings (SSSR count). The highest BCUT2D eigenvalue weighted by Crippen LogP contribution is 2.16. The largest absolute Gasteiger partial charge is 0.367 e. The Hall–Kier alpha value is -2.28. The third kappa shape index (κ3) is 3.86. The van der Waals surface area contributed by atoms with Crippen molar-refractivity contribution in [2.45, 2.75) is 6.92 Å². The van der Waals surface area contributed by atoms with E-state index in [-0.39, 0.29) is 11.7 Å². The molecule has 1 amide bonds. The van der Waals surface area contributed by atoms with Crippen LogP contribution in [0.25, 0.3) is 0 Å². The van der Waals surface area contributed by atoms with Gasteiger partial charge in [-0.3, -0.25) is 14.6 Å². The van der Waals surface area contributed by atoms with Crippen LogP contribution in [0.1, 0.15) is 26.3 Å². The first kappa shape index (κ1) is 14.1. The number of amides is 1. The molecule has 104 valence electrons. The van der Waals surface area contributed by atoms with Crippen molar-refractivity contribution in [2.75, 3.05) is 18.4 Å². The van der Waals surface area contributed by atoms with Gasteiger partial charge in [0.05, 0.1) is 16.0 Å². The maximum absolute atomic E-state index is 11.8. The first-order valence-corrected chi connectivity index (χ1v) is 6.87. The number of anilines is 1. The number of aromatic nitrogens is 2. The van der Waals surface area contributed by atoms with Gasteiger partial charge in [-0.05, 0) is 19.1 Å². The molecule has 0 atom stereocenters. The molecule has 2 aromatic heterocycles. The van der Waals surface area contributed by atoms with Gasteiger partial charge in [0, 0.05) is 25.5 Å². The van der Waals surface area contributed by atoms with Crippen molar-refractivity contribution in [1.29, 1.82) is 0 Å². The highest BCUT2D eigenvalue weighted by atomic mass is 32.1. The van der Waals surface area contributed by atoms with Crippen LogP contribution >= 0.6 is 11.3 Å². The highest BCUT2D eigenvalue weighted by molar-refractivity contribution is 7.15. The monoisotopic (exact) mass is 290 g/mol. The van der Waals surface area contributed by atoms with Crippen molar-refractivity contribution in [2.24, 2.45) is 0 Å². The van der Waals surface area contributed by atoms with E-state index in [0.29, 0.717) is 28.7 Å². The van der Waals surface area contributed by atoms with Crippen molar-refractivity contribution in [3.8, 4) is 0 Å². The zero-order valence-corrected chi connectivity index (χ0v) is 11.7. The molecule has 2 heterocycles. The molecule has 0 saturated heterocycles. The second-order valence-corrected chi connectivity index (χ2v) is 5.08. The quantitative estimate of drug-likeness (QED) is 0.623. The zero-order chi connectivity index (χ0) is 14.4. The van der Waals surface area contributed by atoms with E-state index in [1.54, 1.807) is 30.7 Å². The van der Waals surface area contributed by atoms with E-state index in [4.69, 9.17) is 0 Å². The summed E-state index contributed by atoms with van der Waals surface area (Å²) in [5, 5.41) is 5.81. The standard InChI is InChI=1S/C13H14N4O2S/c1-9(18)10-2-3-11(20-10)13(19)17-7-6-16-12-8-14-4-5-15-12/h2-5,8H,6-7H2,1H3,(H,15,16)(H,17,19). The van der Waals surface area contributed by atoms with Crippen molar-refractivity contribution >= 4 is 28.8 Å². The van der Waals surface area contributed by atoms with Crippen molar-refractivity contribution in [3.63, 3.8) is 0 Å². The first-order valence-electron chi connectivity index (χ1n) is 6.05. The molecule has 7 heteroatoms. The molecule has 0 aromatic carbocycles. The van der Waals surface area contributed by atoms with Crippen LogP contribution in [-0.2, 0) is 0 Å². The van der Waals surface area contributed by atoms with Crippen LogP contribution in [0.4, 0.5) is 5.82 Å². The third-order valence-corrected chi connectivity index (χ3v) is 3.64. The lowest BCUT2D eigenvalue weighted by Gasteiger charge is -2.05. The van der Waals surface area contributed by atoms with Crippen LogP contribution in [0.15, 0.2) is 30.7 Å². The van der Waals surface area contributed by atoms with Gasteiger partial charge in [0.2, 0.25) is 0 Å². The molecule has 0 saturated carbocycles. The summed E-state index contributed by atoms with van der Waals surface area (Å²) in [7, 11) is 0. The fourth-order valence-corrected chi connectivity index (χ4v) is 2.31. The summed E-state index contributed by atoms with van der Waals surface area (Å²) in [6.07, 6.45) is 4.80. The first-order chi connectivity index (χ1) is 9.66. The van der Waals surface area contributed by atoms with Gasteiger partial charge in [0.1, 0.15) is 5.82 Å². The number of nitrogens with one attached hydrogen (secondary N) is 2. The number of carbonyl (C=O) groups excluding carboxylic acids is 2. The van der Waals surface area contributed by atoms with Gasteiger partial charge in [0.25, 0.3) is 5.91 Å². The van der Waals surface area contributed by atoms with Gasteiger partial charge in [-0.15, -0.1) is 11.3 Å². The number of ketones is 1. The van der Waals surface area contributed by atoms with Crippen LogP contribution in [0, 0.1) is 0 Å². The number of Topliss-reactive ketones (excluding diaryl/α,β-unsaturated/α-hetero) is 1. The summed E-state index contributed by atoms with van der Waals surface area (Å²) in [4.78, 5) is 32.1. The van der Waals surface area contributed by atoms with E-state index in [2.05, 4.69) is 20.6 Å². The summed E-state index contributed by atoms with van der Waals surface area (Å²) in [6.45, 7) is 2.50. The maximum atomic E-state index is 11.8. The molecule has 0 radical (unpaired) electrons. The minimum absolute atomic E-state index is 0.0293. The van der Waals surface area contributed by atoms with Gasteiger partial charge >= 0.3 is 0 Å². The molecule has 2 N–H and O–H groups in total. The number of hydrogen-bond acceptors (Lipinski definition) is 6. The molecule has 0 fully saturated rings. The van der Waals surface area contributed by atoms with E-state index in [0.717, 1.165) is 0 Å². The molecule has 6 nitrogen and oxygen atoms in total. The Morgan fingerprint density at radius 1 is 1.20 bits per heavy atom. The minimum atomic E-state index is -0.177. The Balaban J connectivity index is 1.76. The van der Waals surface area contributed by atoms with E-state index in [9.17, 15) is 9.59 Å². The minimum Gasteiger partial charge on any atom is -0.367 e. The van der Waals surface area contributed by atoms with Gasteiger partial charge < -0.3 is 10.6 Å². The molecular formula is C13H14N4O2S. The molecule has 0 aliphatic heterocycles. The predicted octanol–water partition coefficient (Wildman–Crippen LogP) is 1.58. The topological polar surface area (TPSA) is 84.0 Å². The SMILES string of the molecule is CC(=O)c1ccc(C(=O)NCCNc2cnccn2)s1. The van der Waals surface area contributed by atoms with Crippen LogP contribution in [0.2, 0.25) is 0 Å². The fraction of sp³-hybridized carbons (Fsp3) is 0.231. The van der Waals surface area contributed by atoms with Crippen LogP contribution in [-0.4, -0.2) is 34.7 Å². The Morgan fingerprint density at radius 3 is 2.65 bits per heavy atom. The second kappa shape index (κ2) is 6.76. The van der Waals surface area contributed by atoms with Crippen molar-refractivity contribution in [3.05, 3.63) is 40.5 Å². The van der Waals surface area contributed by atoms with Gasteiger partial charge in [-0.1, -0.05) is 0 Å². The number of rotatable bonds is 6. The van der Waals surface area contributed by atoms with E-state index >= 15 is 0 Å². The average molecular weight is 290 g/mol. The normalized spacial score (nSPS) is 10.1. The lowest BCUT2D eigenvalue weighted by Crippen LogP contribution is -2.28. The molecule has 0 aliphatic rings. The lowest BCUT2D eigenvalue weighted by atomic mass is 10.3. The molecule has 0 bridgehead atoms. The summed E-state index contributed by atoms with van der Waals surface area (Å²) in [6, 6.07) is 3.33. The molecule has 0 spiro atoms. The fourth-order valence-electron chi connectivity index (χ4n) is 1.49. The second-order valence-electron chi connectivity index (χ2n) is 3.99. The Labute approximate surface area is 120 Å². The van der Waals surface area contributed by atoms with Crippen LogP contribution in [0.3, 0.4) is 0 Å². The molecule has 0 aliphatic carbocycles. The summed E-state index contributed by atoms with van der Waals surface area (Å²) < 4.78 is 0. The smallest absolute Gasteiger partial charge is 0.261 e. The third-order valence-electron chi connectivity index (χ3n) is 2.46. The average Bonchev–Trinajstić information content (AvgIpc) is 2.94. The van der Waals surface area contributed by atoms with Gasteiger partial charge in [-0.25, -0.2) is 4.98 Å². The van der Waals surface area contributed by atoms with E-state index in [1.165, 1.54) is 18.3 Å². The van der Waals surface area contributed by atoms with Gasteiger partial charge in [-0.2, -0.15) is 0 Å². The summed E-state index contributed by atoms with van der Waals surface area (Å²) in [5.74, 6) is 0.457. The summed E-state index contributed by atoms with van der Waals surface area (Å²) in [5.41, 5.74) is 0. The number of carbonyl (C=O) groups is 2. The van der Waals surface area contributed by atoms with Crippen molar-refractivity contribution < 1.29 is 9.59 Å². The van der Waals surface area contributed by atoms with E-state index in [1.807, 2.05) is 0 Å².